The Hall–Kier alpha value is -1.94. The number of benzene rings is 1. The summed E-state index contributed by atoms with van der Waals surface area (Å²) >= 11 is 3.33. The van der Waals surface area contributed by atoms with E-state index in [1.165, 1.54) is 6.08 Å². The maximum atomic E-state index is 11.9. The minimum absolute atomic E-state index is 0.0567. The van der Waals surface area contributed by atoms with E-state index in [-0.39, 0.29) is 5.78 Å². The lowest BCUT2D eigenvalue weighted by atomic mass is 10.1. The molecule has 0 atom stereocenters. The predicted molar refractivity (Wildman–Crippen MR) is 74.1 cm³/mol. The summed E-state index contributed by atoms with van der Waals surface area (Å²) in [7, 11) is 0. The Kier molecular flexibility index (Phi) is 3.89. The van der Waals surface area contributed by atoms with E-state index in [2.05, 4.69) is 15.9 Å². The average Bonchev–Trinajstić information content (AvgIpc) is 2.38. The molecule has 0 unspecified atom stereocenters. The summed E-state index contributed by atoms with van der Waals surface area (Å²) in [5.74, 6) is -0.0567. The van der Waals surface area contributed by atoms with E-state index in [9.17, 15) is 4.79 Å². The van der Waals surface area contributed by atoms with Crippen LogP contribution in [0.4, 0.5) is 0 Å². The summed E-state index contributed by atoms with van der Waals surface area (Å²) in [6.07, 6.45) is 6.63. The molecule has 3 nitrogen and oxygen atoms in total. The lowest BCUT2D eigenvalue weighted by Crippen LogP contribution is -2.00. The summed E-state index contributed by atoms with van der Waals surface area (Å²) in [5, 5.41) is 7.80. The maximum absolute atomic E-state index is 11.9. The molecule has 2 aromatic rings. The highest BCUT2D eigenvalue weighted by molar-refractivity contribution is 9.10. The minimum Gasteiger partial charge on any atom is -0.330 e. The zero-order valence-electron chi connectivity index (χ0n) is 9.51. The number of ketones is 1. The van der Waals surface area contributed by atoms with Crippen molar-refractivity contribution >= 4 is 27.9 Å². The lowest BCUT2D eigenvalue weighted by molar-refractivity contribution is 0.104. The summed E-state index contributed by atoms with van der Waals surface area (Å²) in [6.45, 7) is 0. The van der Waals surface area contributed by atoms with Crippen molar-refractivity contribution in [2.24, 2.45) is 0 Å². The van der Waals surface area contributed by atoms with Gasteiger partial charge >= 0.3 is 0 Å². The summed E-state index contributed by atoms with van der Waals surface area (Å²) in [6, 6.07) is 10.6. The Morgan fingerprint density at radius 1 is 1.22 bits per heavy atom. The number of nitrogens with zero attached hydrogens (tertiary/aromatic N) is 1. The highest BCUT2D eigenvalue weighted by Crippen LogP contribution is 2.12. The van der Waals surface area contributed by atoms with Gasteiger partial charge in [-0.3, -0.25) is 4.79 Å². The Bertz CT molecular complexity index is 638. The van der Waals surface area contributed by atoms with Crippen LogP contribution >= 0.6 is 15.9 Å². The fourth-order valence-electron chi connectivity index (χ4n) is 1.43. The summed E-state index contributed by atoms with van der Waals surface area (Å²) in [5.41, 5.74) is 0.637. The number of halogens is 1. The number of carbonyl (C=O) groups is 1. The molecule has 0 fully saturated rings. The smallest absolute Gasteiger partial charge is 0.187 e. The van der Waals surface area contributed by atoms with Gasteiger partial charge in [0.2, 0.25) is 0 Å². The third-order valence-electron chi connectivity index (χ3n) is 2.36. The molecule has 0 bridgehead atoms. The molecule has 1 aromatic heterocycles. The van der Waals surface area contributed by atoms with Gasteiger partial charge in [0, 0.05) is 34.7 Å². The Labute approximate surface area is 113 Å². The molecule has 0 radical (unpaired) electrons. The number of allylic oxidation sites excluding steroid dienone is 1. The molecule has 0 spiro atoms. The van der Waals surface area contributed by atoms with E-state index in [1.807, 2.05) is 12.1 Å². The zero-order valence-corrected chi connectivity index (χ0v) is 11.1. The van der Waals surface area contributed by atoms with Crippen LogP contribution in [0, 0.1) is 5.41 Å². The van der Waals surface area contributed by atoms with Gasteiger partial charge in [-0.1, -0.05) is 28.1 Å². The van der Waals surface area contributed by atoms with Gasteiger partial charge in [-0.25, -0.2) is 0 Å². The zero-order chi connectivity index (χ0) is 13.0. The van der Waals surface area contributed by atoms with Gasteiger partial charge in [0.05, 0.1) is 5.36 Å². The largest absolute Gasteiger partial charge is 0.330 e. The molecule has 4 heteroatoms. The standard InChI is InChI=1S/C14H11BrN2O/c15-12-3-1-2-11(10-12)14(18)6-9-17-7-4-13(16)5-8-17/h1-10,16H/b9-6+. The minimum atomic E-state index is -0.0567. The van der Waals surface area contributed by atoms with E-state index in [1.54, 1.807) is 47.4 Å². The molecule has 0 saturated heterocycles. The van der Waals surface area contributed by atoms with Crippen LogP contribution in [-0.4, -0.2) is 10.4 Å². The molecule has 1 aromatic carbocycles. The van der Waals surface area contributed by atoms with Crippen molar-refractivity contribution in [1.29, 1.82) is 5.41 Å². The first-order valence-corrected chi connectivity index (χ1v) is 6.15. The van der Waals surface area contributed by atoms with Gasteiger partial charge in [-0.05, 0) is 24.3 Å². The van der Waals surface area contributed by atoms with Crippen LogP contribution in [0.25, 0.3) is 6.20 Å². The highest BCUT2D eigenvalue weighted by atomic mass is 79.9. The molecular formula is C14H11BrN2O. The second-order valence-corrected chi connectivity index (χ2v) is 4.64. The molecule has 0 aliphatic heterocycles. The number of hydrogen-bond donors (Lipinski definition) is 1. The summed E-state index contributed by atoms with van der Waals surface area (Å²) < 4.78 is 2.61. The van der Waals surface area contributed by atoms with Crippen LogP contribution in [0.3, 0.4) is 0 Å². The van der Waals surface area contributed by atoms with Gasteiger partial charge in [0.15, 0.2) is 5.78 Å². The summed E-state index contributed by atoms with van der Waals surface area (Å²) in [4.78, 5) is 11.9. The van der Waals surface area contributed by atoms with Crippen molar-refractivity contribution in [1.82, 2.24) is 4.57 Å². The lowest BCUT2D eigenvalue weighted by Gasteiger charge is -1.99. The first-order valence-electron chi connectivity index (χ1n) is 5.36. The Balaban J connectivity index is 2.16. The van der Waals surface area contributed by atoms with Crippen LogP contribution in [0.15, 0.2) is 59.3 Å². The molecule has 2 rings (SSSR count). The fraction of sp³-hybridized carbons (Fsp3) is 0. The van der Waals surface area contributed by atoms with Gasteiger partial charge in [0.25, 0.3) is 0 Å². The van der Waals surface area contributed by atoms with Gasteiger partial charge in [-0.2, -0.15) is 0 Å². The van der Waals surface area contributed by atoms with Gasteiger partial charge in [-0.15, -0.1) is 0 Å². The van der Waals surface area contributed by atoms with Crippen LogP contribution in [0.1, 0.15) is 10.4 Å². The van der Waals surface area contributed by atoms with Crippen molar-refractivity contribution in [3.63, 3.8) is 0 Å². The van der Waals surface area contributed by atoms with Crippen LogP contribution in [0.2, 0.25) is 0 Å². The number of pyridine rings is 1. The van der Waals surface area contributed by atoms with Crippen molar-refractivity contribution in [2.45, 2.75) is 0 Å². The highest BCUT2D eigenvalue weighted by Gasteiger charge is 2.01. The van der Waals surface area contributed by atoms with Crippen molar-refractivity contribution in [3.05, 3.63) is 70.3 Å². The van der Waals surface area contributed by atoms with Crippen molar-refractivity contribution in [3.8, 4) is 0 Å². The number of hydrogen-bond acceptors (Lipinski definition) is 2. The predicted octanol–water partition coefficient (Wildman–Crippen LogP) is 3.08. The van der Waals surface area contributed by atoms with Crippen molar-refractivity contribution < 1.29 is 4.79 Å². The normalized spacial score (nSPS) is 10.7. The van der Waals surface area contributed by atoms with E-state index >= 15 is 0 Å². The van der Waals surface area contributed by atoms with E-state index in [0.29, 0.717) is 10.9 Å². The molecule has 0 amide bonds. The molecule has 0 saturated carbocycles. The first kappa shape index (κ1) is 12.5. The maximum Gasteiger partial charge on any atom is 0.187 e. The number of rotatable bonds is 3. The van der Waals surface area contributed by atoms with Crippen molar-refractivity contribution in [2.75, 3.05) is 0 Å². The number of aromatic nitrogens is 1. The van der Waals surface area contributed by atoms with Crippen LogP contribution in [-0.2, 0) is 0 Å². The van der Waals surface area contributed by atoms with Crippen LogP contribution in [0.5, 0.6) is 0 Å². The second-order valence-electron chi connectivity index (χ2n) is 3.72. The molecule has 1 heterocycles. The Morgan fingerprint density at radius 3 is 2.61 bits per heavy atom. The number of carbonyl (C=O) groups excluding carboxylic acids is 1. The van der Waals surface area contributed by atoms with Gasteiger partial charge in [0.1, 0.15) is 0 Å². The fourth-order valence-corrected chi connectivity index (χ4v) is 1.83. The quantitative estimate of drug-likeness (QED) is 0.687. The van der Waals surface area contributed by atoms with E-state index < -0.39 is 0 Å². The molecule has 0 aliphatic carbocycles. The molecule has 18 heavy (non-hydrogen) atoms. The molecule has 0 aliphatic rings. The molecular weight excluding hydrogens is 292 g/mol. The SMILES string of the molecule is N=c1ccn(/C=C/C(=O)c2cccc(Br)c2)cc1. The first-order chi connectivity index (χ1) is 8.65. The molecule has 90 valence electrons. The third-order valence-corrected chi connectivity index (χ3v) is 2.85. The van der Waals surface area contributed by atoms with E-state index in [4.69, 9.17) is 5.41 Å². The number of nitrogens with one attached hydrogen (secondary N) is 1. The third kappa shape index (κ3) is 3.28. The Morgan fingerprint density at radius 2 is 1.94 bits per heavy atom. The van der Waals surface area contributed by atoms with Gasteiger partial charge < -0.3 is 9.98 Å². The monoisotopic (exact) mass is 302 g/mol. The molecule has 1 N–H and O–H groups in total. The van der Waals surface area contributed by atoms with Crippen LogP contribution < -0.4 is 5.36 Å². The second kappa shape index (κ2) is 5.60. The average molecular weight is 303 g/mol. The topological polar surface area (TPSA) is 45.9 Å². The van der Waals surface area contributed by atoms with E-state index in [0.717, 1.165) is 4.47 Å².